The molecular weight excluding hydrogens is 208 g/mol. The average molecular weight is 230 g/mol. The maximum Gasteiger partial charge on any atom is 0.317 e. The Morgan fingerprint density at radius 3 is 2.19 bits per heavy atom. The highest BCUT2D eigenvalue weighted by Crippen LogP contribution is 2.04. The van der Waals surface area contributed by atoms with E-state index in [1.807, 2.05) is 27.7 Å². The molecule has 5 heteroatoms. The van der Waals surface area contributed by atoms with E-state index in [0.29, 0.717) is 6.54 Å². The molecule has 0 aromatic rings. The van der Waals surface area contributed by atoms with Crippen LogP contribution in [0.4, 0.5) is 4.79 Å². The monoisotopic (exact) mass is 230 g/mol. The van der Waals surface area contributed by atoms with Crippen molar-refractivity contribution in [3.05, 3.63) is 0 Å². The molecule has 0 aromatic heterocycles. The van der Waals surface area contributed by atoms with Gasteiger partial charge in [0, 0.05) is 18.6 Å². The normalized spacial score (nSPS) is 13.1. The van der Waals surface area contributed by atoms with Crippen LogP contribution in [0.5, 0.6) is 0 Å². The van der Waals surface area contributed by atoms with E-state index in [4.69, 9.17) is 5.11 Å². The van der Waals surface area contributed by atoms with Gasteiger partial charge in [-0.05, 0) is 27.7 Å². The van der Waals surface area contributed by atoms with Crippen LogP contribution < -0.4 is 5.32 Å². The molecular formula is C11H22N2O3. The second kappa shape index (κ2) is 5.72. The summed E-state index contributed by atoms with van der Waals surface area (Å²) in [6.07, 6.45) is 0. The molecule has 0 spiro atoms. The Hall–Kier alpha value is -1.26. The van der Waals surface area contributed by atoms with E-state index in [0.717, 1.165) is 0 Å². The topological polar surface area (TPSA) is 69.6 Å². The van der Waals surface area contributed by atoms with E-state index in [9.17, 15) is 9.59 Å². The quantitative estimate of drug-likeness (QED) is 0.769. The Morgan fingerprint density at radius 1 is 1.38 bits per heavy atom. The highest BCUT2D eigenvalue weighted by Gasteiger charge is 2.22. The molecule has 1 unspecified atom stereocenters. The van der Waals surface area contributed by atoms with Crippen molar-refractivity contribution < 1.29 is 14.7 Å². The maximum absolute atomic E-state index is 11.8. The van der Waals surface area contributed by atoms with Gasteiger partial charge in [0.05, 0.1) is 5.92 Å². The Labute approximate surface area is 96.8 Å². The molecule has 0 rings (SSSR count). The molecule has 0 aliphatic heterocycles. The van der Waals surface area contributed by atoms with Crippen molar-refractivity contribution in [3.63, 3.8) is 0 Å². The van der Waals surface area contributed by atoms with Crippen molar-refractivity contribution >= 4 is 12.0 Å². The Bertz CT molecular complexity index is 258. The minimum atomic E-state index is -0.887. The summed E-state index contributed by atoms with van der Waals surface area (Å²) in [5.41, 5.74) is -0.309. The summed E-state index contributed by atoms with van der Waals surface area (Å²) < 4.78 is 0. The van der Waals surface area contributed by atoms with Crippen molar-refractivity contribution in [2.45, 2.75) is 40.2 Å². The highest BCUT2D eigenvalue weighted by molar-refractivity contribution is 5.76. The SMILES string of the molecule is CCN(CC(C)C(=O)O)C(=O)NC(C)(C)C. The number of nitrogens with zero attached hydrogens (tertiary/aromatic N) is 1. The molecule has 0 saturated carbocycles. The summed E-state index contributed by atoms with van der Waals surface area (Å²) in [4.78, 5) is 24.0. The third-order valence-electron chi connectivity index (χ3n) is 2.07. The van der Waals surface area contributed by atoms with Gasteiger partial charge in [-0.15, -0.1) is 0 Å². The van der Waals surface area contributed by atoms with Crippen LogP contribution in [-0.4, -0.2) is 40.6 Å². The third-order valence-corrected chi connectivity index (χ3v) is 2.07. The van der Waals surface area contributed by atoms with Crippen LogP contribution in [0.25, 0.3) is 0 Å². The minimum Gasteiger partial charge on any atom is -0.481 e. The van der Waals surface area contributed by atoms with Crippen molar-refractivity contribution in [2.75, 3.05) is 13.1 Å². The third kappa shape index (κ3) is 5.58. The van der Waals surface area contributed by atoms with Crippen LogP contribution >= 0.6 is 0 Å². The molecule has 0 bridgehead atoms. The predicted molar refractivity (Wildman–Crippen MR) is 62.3 cm³/mol. The fourth-order valence-electron chi connectivity index (χ4n) is 1.16. The number of urea groups is 1. The molecule has 16 heavy (non-hydrogen) atoms. The molecule has 5 nitrogen and oxygen atoms in total. The number of carbonyl (C=O) groups is 2. The number of carbonyl (C=O) groups excluding carboxylic acids is 1. The van der Waals surface area contributed by atoms with Gasteiger partial charge in [-0.25, -0.2) is 4.79 Å². The van der Waals surface area contributed by atoms with Crippen LogP contribution in [-0.2, 0) is 4.79 Å². The lowest BCUT2D eigenvalue weighted by atomic mass is 10.1. The predicted octanol–water partition coefficient (Wildman–Crippen LogP) is 1.54. The number of aliphatic carboxylic acids is 1. The second-order valence-corrected chi connectivity index (χ2v) is 4.96. The lowest BCUT2D eigenvalue weighted by molar-refractivity contribution is -0.141. The molecule has 0 heterocycles. The van der Waals surface area contributed by atoms with Gasteiger partial charge in [0.2, 0.25) is 0 Å². The van der Waals surface area contributed by atoms with Crippen molar-refractivity contribution in [3.8, 4) is 0 Å². The molecule has 0 saturated heterocycles. The average Bonchev–Trinajstić information content (AvgIpc) is 2.10. The van der Waals surface area contributed by atoms with Crippen molar-refractivity contribution in [1.29, 1.82) is 0 Å². The van der Waals surface area contributed by atoms with E-state index in [2.05, 4.69) is 5.32 Å². The van der Waals surface area contributed by atoms with E-state index >= 15 is 0 Å². The van der Waals surface area contributed by atoms with Gasteiger partial charge >= 0.3 is 12.0 Å². The van der Waals surface area contributed by atoms with Crippen LogP contribution in [0.3, 0.4) is 0 Å². The number of carboxylic acid groups (broad SMARTS) is 1. The number of nitrogens with one attached hydrogen (secondary N) is 1. The molecule has 0 aliphatic carbocycles. The number of carboxylic acids is 1. The van der Waals surface area contributed by atoms with Gasteiger partial charge < -0.3 is 15.3 Å². The van der Waals surface area contributed by atoms with Gasteiger partial charge in [-0.2, -0.15) is 0 Å². The molecule has 0 aliphatic rings. The zero-order valence-electron chi connectivity index (χ0n) is 10.7. The van der Waals surface area contributed by atoms with Crippen LogP contribution in [0.15, 0.2) is 0 Å². The summed E-state index contributed by atoms with van der Waals surface area (Å²) in [6.45, 7) is 9.82. The fourth-order valence-corrected chi connectivity index (χ4v) is 1.16. The summed E-state index contributed by atoms with van der Waals surface area (Å²) in [6, 6.07) is -0.219. The smallest absolute Gasteiger partial charge is 0.317 e. The summed E-state index contributed by atoms with van der Waals surface area (Å²) >= 11 is 0. The van der Waals surface area contributed by atoms with Gasteiger partial charge in [0.1, 0.15) is 0 Å². The van der Waals surface area contributed by atoms with Crippen molar-refractivity contribution in [2.24, 2.45) is 5.92 Å². The highest BCUT2D eigenvalue weighted by atomic mass is 16.4. The second-order valence-electron chi connectivity index (χ2n) is 4.96. The zero-order chi connectivity index (χ0) is 12.9. The molecule has 0 fully saturated rings. The lowest BCUT2D eigenvalue weighted by Crippen LogP contribution is -2.50. The van der Waals surface area contributed by atoms with Crippen LogP contribution in [0.1, 0.15) is 34.6 Å². The van der Waals surface area contributed by atoms with E-state index in [-0.39, 0.29) is 18.1 Å². The maximum atomic E-state index is 11.8. The number of hydrogen-bond acceptors (Lipinski definition) is 2. The zero-order valence-corrected chi connectivity index (χ0v) is 10.7. The molecule has 2 amide bonds. The standard InChI is InChI=1S/C11H22N2O3/c1-6-13(7-8(2)9(14)15)10(16)12-11(3,4)5/h8H,6-7H2,1-5H3,(H,12,16)(H,14,15). The summed E-state index contributed by atoms with van der Waals surface area (Å²) in [5, 5.41) is 11.6. The van der Waals surface area contributed by atoms with E-state index < -0.39 is 11.9 Å². The largest absolute Gasteiger partial charge is 0.481 e. The van der Waals surface area contributed by atoms with Gasteiger partial charge in [0.25, 0.3) is 0 Å². The Kier molecular flexibility index (Phi) is 5.27. The molecule has 1 atom stereocenters. The van der Waals surface area contributed by atoms with Gasteiger partial charge in [-0.3, -0.25) is 4.79 Å². The van der Waals surface area contributed by atoms with Gasteiger partial charge in [-0.1, -0.05) is 6.92 Å². The van der Waals surface area contributed by atoms with Crippen molar-refractivity contribution in [1.82, 2.24) is 10.2 Å². The van der Waals surface area contributed by atoms with Gasteiger partial charge in [0.15, 0.2) is 0 Å². The number of amides is 2. The fraction of sp³-hybridized carbons (Fsp3) is 0.818. The molecule has 0 aromatic carbocycles. The molecule has 0 radical (unpaired) electrons. The van der Waals surface area contributed by atoms with Crippen LogP contribution in [0.2, 0.25) is 0 Å². The summed E-state index contributed by atoms with van der Waals surface area (Å²) in [7, 11) is 0. The first-order valence-electron chi connectivity index (χ1n) is 5.47. The Balaban J connectivity index is 4.39. The first-order valence-corrected chi connectivity index (χ1v) is 5.47. The summed E-state index contributed by atoms with van der Waals surface area (Å²) in [5.74, 6) is -1.44. The van der Waals surface area contributed by atoms with E-state index in [1.165, 1.54) is 4.90 Å². The minimum absolute atomic E-state index is 0.219. The Morgan fingerprint density at radius 2 is 1.88 bits per heavy atom. The molecule has 94 valence electrons. The van der Waals surface area contributed by atoms with E-state index in [1.54, 1.807) is 6.92 Å². The number of hydrogen-bond donors (Lipinski definition) is 2. The first-order chi connectivity index (χ1) is 7.17. The number of rotatable bonds is 4. The van der Waals surface area contributed by atoms with Crippen LogP contribution in [0, 0.1) is 5.92 Å². The lowest BCUT2D eigenvalue weighted by Gasteiger charge is -2.28. The first kappa shape index (κ1) is 14.7. The molecule has 2 N–H and O–H groups in total.